The summed E-state index contributed by atoms with van der Waals surface area (Å²) in [5.74, 6) is 0.138. The number of aliphatic hydroxyl groups excluding tert-OH is 2. The van der Waals surface area contributed by atoms with Gasteiger partial charge in [-0.05, 0) is 6.07 Å². The van der Waals surface area contributed by atoms with Crippen LogP contribution in [0.2, 0.25) is 0 Å². The fourth-order valence-electron chi connectivity index (χ4n) is 1.70. The van der Waals surface area contributed by atoms with Crippen LogP contribution in [0.4, 0.5) is 5.82 Å². The van der Waals surface area contributed by atoms with Gasteiger partial charge in [-0.15, -0.1) is 0 Å². The Balaban J connectivity index is 2.23. The molecule has 88 valence electrons. The molecule has 0 aromatic carbocycles. The summed E-state index contributed by atoms with van der Waals surface area (Å²) in [5, 5.41) is 18.4. The molecule has 7 nitrogen and oxygen atoms in total. The van der Waals surface area contributed by atoms with Crippen molar-refractivity contribution in [1.82, 2.24) is 9.55 Å². The molecule has 0 aliphatic carbocycles. The highest BCUT2D eigenvalue weighted by molar-refractivity contribution is 5.23. The maximum atomic E-state index is 11.5. The van der Waals surface area contributed by atoms with E-state index < -0.39 is 24.1 Å². The standard InChI is InChI=1S/C9H13N3O4/c10-7-1-2-12(9(15)11-7)8-3-5(14)6(4-13)16-8/h1-2,5-6,8,13-14H,3-4H2,(H2,10,11,15)/t5-,6+,8+/m0/s1/i9+1,10+1,11+1,12+1. The van der Waals surface area contributed by atoms with E-state index in [0.717, 1.165) is 0 Å². The molecule has 0 amide bonds. The van der Waals surface area contributed by atoms with Gasteiger partial charge < -0.3 is 20.7 Å². The number of anilines is 1. The Morgan fingerprint density at radius 1 is 1.69 bits per heavy atom. The lowest BCUT2D eigenvalue weighted by atomic mass is 10.2. The first-order chi connectivity index (χ1) is 7.61. The second-order valence-corrected chi connectivity index (χ2v) is 3.66. The van der Waals surface area contributed by atoms with Crippen molar-refractivity contribution in [2.45, 2.75) is 24.9 Å². The van der Waals surface area contributed by atoms with Gasteiger partial charge in [0.25, 0.3) is 0 Å². The Hall–Kier alpha value is -1.44. The normalized spacial score (nSPS) is 29.5. The Morgan fingerprint density at radius 3 is 3.00 bits per heavy atom. The van der Waals surface area contributed by atoms with Crippen molar-refractivity contribution in [3.05, 3.63) is 22.7 Å². The molecule has 7 heteroatoms. The minimum absolute atomic E-state index is 0.138. The van der Waals surface area contributed by atoms with E-state index in [0.29, 0.717) is 0 Å². The monoisotopic (exact) mass is 231 g/mol. The largest absolute Gasteiger partial charge is 0.394 e. The number of hydrogen-bond acceptors (Lipinski definition) is 6. The van der Waals surface area contributed by atoms with Gasteiger partial charge in [0.15, 0.2) is 0 Å². The summed E-state index contributed by atoms with van der Waals surface area (Å²) < 4.78 is 6.56. The lowest BCUT2D eigenvalue weighted by Crippen LogP contribution is -2.27. The van der Waals surface area contributed by atoms with Gasteiger partial charge in [0.05, 0.1) is 12.7 Å². The third-order valence-electron chi connectivity index (χ3n) is 2.55. The second-order valence-electron chi connectivity index (χ2n) is 3.66. The number of nitrogens with zero attached hydrogens (tertiary/aromatic N) is 2. The molecule has 2 rings (SSSR count). The van der Waals surface area contributed by atoms with Crippen molar-refractivity contribution >= 4 is 5.82 Å². The molecule has 0 saturated carbocycles. The smallest absolute Gasteiger partial charge is 0.351 e. The van der Waals surface area contributed by atoms with E-state index in [-0.39, 0.29) is 18.8 Å². The lowest BCUT2D eigenvalue weighted by molar-refractivity contribution is -0.0458. The molecule has 0 spiro atoms. The number of rotatable bonds is 2. The molecule has 1 saturated heterocycles. The Bertz CT molecular complexity index is 433. The van der Waals surface area contributed by atoms with E-state index in [4.69, 9.17) is 15.6 Å². The van der Waals surface area contributed by atoms with Crippen LogP contribution >= 0.6 is 0 Å². The maximum absolute atomic E-state index is 11.5. The predicted octanol–water partition coefficient (Wildman–Crippen LogP) is -1.53. The van der Waals surface area contributed by atoms with E-state index in [2.05, 4.69) is 4.98 Å². The van der Waals surface area contributed by atoms with Gasteiger partial charge in [-0.25, -0.2) is 4.79 Å². The minimum atomic E-state index is -0.778. The van der Waals surface area contributed by atoms with Crippen molar-refractivity contribution < 1.29 is 14.9 Å². The Kier molecular flexibility index (Phi) is 2.90. The van der Waals surface area contributed by atoms with Gasteiger partial charge in [-0.2, -0.15) is 4.98 Å². The molecule has 1 fully saturated rings. The van der Waals surface area contributed by atoms with Crippen LogP contribution in [0, 0.1) is 0 Å². The summed E-state index contributed by atoms with van der Waals surface area (Å²) in [6.45, 7) is -0.283. The highest BCUT2D eigenvalue weighted by atomic mass is 16.6. The molecular formula is C9H13N3O4. The van der Waals surface area contributed by atoms with Crippen LogP contribution in [0.1, 0.15) is 12.6 Å². The van der Waals surface area contributed by atoms with Crippen LogP contribution < -0.4 is 11.4 Å². The first-order valence-corrected chi connectivity index (χ1v) is 4.91. The van der Waals surface area contributed by atoms with Gasteiger partial charge in [0, 0.05) is 12.6 Å². The Morgan fingerprint density at radius 2 is 2.44 bits per heavy atom. The quantitative estimate of drug-likeness (QED) is 0.532. The van der Waals surface area contributed by atoms with Gasteiger partial charge >= 0.3 is 5.69 Å². The van der Waals surface area contributed by atoms with Crippen molar-refractivity contribution in [1.29, 1.82) is 0 Å². The molecule has 1 aromatic rings. The molecular weight excluding hydrogens is 218 g/mol. The summed E-state index contributed by atoms with van der Waals surface area (Å²) in [7, 11) is 0. The summed E-state index contributed by atoms with van der Waals surface area (Å²) in [6.07, 6.45) is -0.333. The van der Waals surface area contributed by atoms with Crippen LogP contribution in [0.5, 0.6) is 0 Å². The highest BCUT2D eigenvalue weighted by Gasteiger charge is 2.34. The molecule has 1 aliphatic heterocycles. The molecule has 0 bridgehead atoms. The molecule has 3 atom stereocenters. The van der Waals surface area contributed by atoms with Gasteiger partial charge in [0.2, 0.25) is 0 Å². The highest BCUT2D eigenvalue weighted by Crippen LogP contribution is 2.27. The van der Waals surface area contributed by atoms with Gasteiger partial charge in [-0.1, -0.05) is 0 Å². The van der Waals surface area contributed by atoms with Crippen LogP contribution in [0.15, 0.2) is 17.1 Å². The number of nitrogen functional groups attached to an aromatic ring is 1. The first kappa shape index (κ1) is 11.1. The summed E-state index contributed by atoms with van der Waals surface area (Å²) in [4.78, 5) is 15.0. The van der Waals surface area contributed by atoms with E-state index in [1.165, 1.54) is 16.8 Å². The third-order valence-corrected chi connectivity index (χ3v) is 2.55. The van der Waals surface area contributed by atoms with Crippen molar-refractivity contribution in [3.8, 4) is 0 Å². The third kappa shape index (κ3) is 1.92. The van der Waals surface area contributed by atoms with E-state index in [1.54, 1.807) is 0 Å². The summed E-state index contributed by atoms with van der Waals surface area (Å²) >= 11 is 0. The average Bonchev–Trinajstić information content (AvgIpc) is 2.59. The Labute approximate surface area is 91.1 Å². The average molecular weight is 231 g/mol. The molecule has 2 heterocycles. The fourth-order valence-corrected chi connectivity index (χ4v) is 1.70. The van der Waals surface area contributed by atoms with Gasteiger partial charge in [-0.3, -0.25) is 4.57 Å². The predicted molar refractivity (Wildman–Crippen MR) is 54.5 cm³/mol. The zero-order chi connectivity index (χ0) is 11.7. The zero-order valence-corrected chi connectivity index (χ0v) is 8.48. The summed E-state index contributed by atoms with van der Waals surface area (Å²) in [5.41, 5.74) is 4.82. The lowest BCUT2D eigenvalue weighted by Gasteiger charge is -2.13. The molecule has 1 aromatic heterocycles. The molecule has 4 N–H and O–H groups in total. The van der Waals surface area contributed by atoms with Crippen molar-refractivity contribution in [2.75, 3.05) is 12.3 Å². The van der Waals surface area contributed by atoms with Gasteiger partial charge in [0.1, 0.15) is 18.1 Å². The SMILES string of the molecule is [15NH2]c1cc[15n]([C@H]2C[C@H](O)[C@@H](CO)O2)[13c](=O)[15n]1. The van der Waals surface area contributed by atoms with Crippen LogP contribution in [0.3, 0.4) is 0 Å². The maximum Gasteiger partial charge on any atom is 0.351 e. The molecule has 0 unspecified atom stereocenters. The second kappa shape index (κ2) is 4.20. The number of aliphatic hydroxyl groups is 2. The van der Waals surface area contributed by atoms with E-state index in [1.807, 2.05) is 0 Å². The number of hydrogen-bond donors (Lipinski definition) is 3. The van der Waals surface area contributed by atoms with Crippen molar-refractivity contribution in [2.24, 2.45) is 0 Å². The minimum Gasteiger partial charge on any atom is -0.394 e. The van der Waals surface area contributed by atoms with Crippen LogP contribution in [-0.2, 0) is 4.74 Å². The summed E-state index contributed by atoms with van der Waals surface area (Å²) in [6, 6.07) is 1.48. The number of nitrogens with two attached hydrogens (primary N) is 1. The van der Waals surface area contributed by atoms with E-state index >= 15 is 0 Å². The zero-order valence-electron chi connectivity index (χ0n) is 8.48. The van der Waals surface area contributed by atoms with Crippen LogP contribution in [-0.4, -0.2) is 38.6 Å². The molecule has 1 aliphatic rings. The van der Waals surface area contributed by atoms with Crippen molar-refractivity contribution in [3.63, 3.8) is 0 Å². The molecule has 0 radical (unpaired) electrons. The van der Waals surface area contributed by atoms with Crippen LogP contribution in [0.25, 0.3) is 0 Å². The molecule has 16 heavy (non-hydrogen) atoms. The number of aromatic nitrogens is 2. The topological polar surface area (TPSA) is 111 Å². The van der Waals surface area contributed by atoms with E-state index in [9.17, 15) is 9.90 Å². The number of ether oxygens (including phenoxy) is 1. The first-order valence-electron chi connectivity index (χ1n) is 4.91. The fraction of sp³-hybridized carbons (Fsp3) is 0.556.